The van der Waals surface area contributed by atoms with Gasteiger partial charge in [-0.05, 0) is 69.0 Å². The van der Waals surface area contributed by atoms with Crippen LogP contribution >= 0.6 is 0 Å². The summed E-state index contributed by atoms with van der Waals surface area (Å²) in [5.74, 6) is 1.85. The number of pyridine rings is 1. The highest BCUT2D eigenvalue weighted by Gasteiger charge is 2.37. The summed E-state index contributed by atoms with van der Waals surface area (Å²) in [5.41, 5.74) is 1.25. The molecule has 2 aliphatic rings. The van der Waals surface area contributed by atoms with E-state index in [1.54, 1.807) is 44.2 Å². The molecule has 9 nitrogen and oxygen atoms in total. The number of carbonyl (C=O) groups excluding carboxylic acids is 1. The molecular weight excluding hydrogens is 532 g/mol. The first kappa shape index (κ1) is 29.4. The number of aryl methyl sites for hydroxylation is 1. The summed E-state index contributed by atoms with van der Waals surface area (Å²) in [6, 6.07) is 10.4. The molecular formula is C30H36N2O7S. The van der Waals surface area contributed by atoms with E-state index in [0.29, 0.717) is 66.7 Å². The minimum absolute atomic E-state index is 0.0773. The highest BCUT2D eigenvalue weighted by molar-refractivity contribution is 7.90. The van der Waals surface area contributed by atoms with Crippen LogP contribution in [-0.2, 0) is 14.8 Å². The van der Waals surface area contributed by atoms with Crippen molar-refractivity contribution in [2.24, 2.45) is 0 Å². The van der Waals surface area contributed by atoms with Crippen LogP contribution in [0.2, 0.25) is 0 Å². The molecule has 2 aromatic rings. The number of nitrogens with zero attached hydrogens (tertiary/aromatic N) is 1. The van der Waals surface area contributed by atoms with Gasteiger partial charge < -0.3 is 19.3 Å². The van der Waals surface area contributed by atoms with Crippen molar-refractivity contribution in [3.05, 3.63) is 83.8 Å². The van der Waals surface area contributed by atoms with Crippen LogP contribution in [0, 0.1) is 6.92 Å². The highest BCUT2D eigenvalue weighted by Crippen LogP contribution is 2.32. The number of rotatable bonds is 9. The van der Waals surface area contributed by atoms with Crippen molar-refractivity contribution in [1.29, 1.82) is 0 Å². The van der Waals surface area contributed by atoms with E-state index in [1.807, 2.05) is 35.9 Å². The van der Waals surface area contributed by atoms with E-state index >= 15 is 0 Å². The van der Waals surface area contributed by atoms with Crippen LogP contribution in [0.3, 0.4) is 0 Å². The average Bonchev–Trinajstić information content (AvgIpc) is 3.19. The van der Waals surface area contributed by atoms with Crippen molar-refractivity contribution >= 4 is 15.9 Å². The minimum Gasteiger partial charge on any atom is -0.490 e. The number of benzene rings is 1. The van der Waals surface area contributed by atoms with Crippen molar-refractivity contribution in [2.75, 3.05) is 6.61 Å². The van der Waals surface area contributed by atoms with Gasteiger partial charge in [-0.1, -0.05) is 30.9 Å². The molecule has 1 amide bonds. The lowest BCUT2D eigenvalue weighted by atomic mass is 10.1. The molecule has 4 rings (SSSR count). The molecule has 1 aromatic heterocycles. The van der Waals surface area contributed by atoms with Crippen molar-refractivity contribution in [1.82, 2.24) is 9.71 Å². The molecule has 2 atom stereocenters. The molecule has 214 valence electrons. The third kappa shape index (κ3) is 7.95. The fourth-order valence-electron chi connectivity index (χ4n) is 4.33. The van der Waals surface area contributed by atoms with E-state index < -0.39 is 26.8 Å². The zero-order chi connectivity index (χ0) is 28.9. The van der Waals surface area contributed by atoms with E-state index in [9.17, 15) is 18.3 Å². The smallest absolute Gasteiger partial charge is 0.242 e. The lowest BCUT2D eigenvalue weighted by Gasteiger charge is -2.19. The Kier molecular flexibility index (Phi) is 9.00. The molecule has 2 heterocycles. The topological polar surface area (TPSA) is 124 Å². The lowest BCUT2D eigenvalue weighted by molar-refractivity contribution is -0.118. The van der Waals surface area contributed by atoms with Gasteiger partial charge in [-0.15, -0.1) is 0 Å². The number of hydrogen-bond acceptors (Lipinski definition) is 8. The predicted octanol–water partition coefficient (Wildman–Crippen LogP) is 4.83. The summed E-state index contributed by atoms with van der Waals surface area (Å²) in [5, 5.41) is 8.97. The lowest BCUT2D eigenvalue weighted by Crippen LogP contribution is -2.22. The molecule has 1 saturated heterocycles. The number of sulfonamides is 1. The largest absolute Gasteiger partial charge is 0.490 e. The fourth-order valence-corrected chi connectivity index (χ4v) is 5.76. The summed E-state index contributed by atoms with van der Waals surface area (Å²) in [7, 11) is -3.69. The van der Waals surface area contributed by atoms with Crippen molar-refractivity contribution in [2.45, 2.75) is 69.8 Å². The minimum atomic E-state index is -3.69. The van der Waals surface area contributed by atoms with Gasteiger partial charge in [-0.2, -0.15) is 0 Å². The molecule has 1 aliphatic heterocycles. The Labute approximate surface area is 235 Å². The molecule has 0 saturated carbocycles. The SMILES string of the molecule is C=C1CC[C@@H](Oc2ccc(C3CC(=O)NS3(=O)=O)cc2)C/C=C\C=C1Oc1ccc(OCCC(C)(C)O)nc1C. The Morgan fingerprint density at radius 1 is 1.18 bits per heavy atom. The van der Waals surface area contributed by atoms with Gasteiger partial charge in [-0.25, -0.2) is 13.4 Å². The van der Waals surface area contributed by atoms with Gasteiger partial charge in [0.05, 0.1) is 24.3 Å². The number of aromatic nitrogens is 1. The number of hydrogen-bond donors (Lipinski definition) is 2. The molecule has 40 heavy (non-hydrogen) atoms. The molecule has 1 unspecified atom stereocenters. The summed E-state index contributed by atoms with van der Waals surface area (Å²) in [4.78, 5) is 16.0. The predicted molar refractivity (Wildman–Crippen MR) is 152 cm³/mol. The first-order valence-corrected chi connectivity index (χ1v) is 14.8. The van der Waals surface area contributed by atoms with Gasteiger partial charge in [0, 0.05) is 18.9 Å². The number of ether oxygens (including phenoxy) is 3. The molecule has 1 aromatic carbocycles. The third-order valence-corrected chi connectivity index (χ3v) is 8.35. The first-order valence-electron chi connectivity index (χ1n) is 13.3. The quantitative estimate of drug-likeness (QED) is 0.441. The molecule has 10 heteroatoms. The molecule has 2 N–H and O–H groups in total. The van der Waals surface area contributed by atoms with E-state index in [0.717, 1.165) is 5.57 Å². The summed E-state index contributed by atoms with van der Waals surface area (Å²) in [6.45, 7) is 9.90. The highest BCUT2D eigenvalue weighted by atomic mass is 32.2. The Bertz CT molecular complexity index is 1410. The monoisotopic (exact) mass is 568 g/mol. The van der Waals surface area contributed by atoms with Crippen LogP contribution in [-0.4, -0.2) is 42.7 Å². The van der Waals surface area contributed by atoms with Gasteiger partial charge in [0.2, 0.25) is 21.8 Å². The molecule has 0 spiro atoms. The maximum Gasteiger partial charge on any atom is 0.242 e. The Morgan fingerprint density at radius 3 is 2.58 bits per heavy atom. The standard InChI is InChI=1S/C30H36N2O7S/c1-20-9-12-23(38-24-13-10-22(11-14-24)27-19-28(33)32-40(27,35)36)7-5-6-8-25(20)39-26-15-16-29(31-21(26)2)37-18-17-30(3,4)34/h5-6,8,10-11,13-16,23,27,34H,1,7,9,12,17-19H2,2-4H3,(H,32,33)/b6-5-,25-8?/t23-,27?/m0/s1. The maximum atomic E-state index is 12.1. The van der Waals surface area contributed by atoms with Crippen LogP contribution < -0.4 is 18.9 Å². The van der Waals surface area contributed by atoms with Gasteiger partial charge in [-0.3, -0.25) is 9.52 Å². The summed E-state index contributed by atoms with van der Waals surface area (Å²) < 4.78 is 44.4. The molecule has 1 fully saturated rings. The van der Waals surface area contributed by atoms with Gasteiger partial charge in [0.1, 0.15) is 28.6 Å². The maximum absolute atomic E-state index is 12.1. The molecule has 0 radical (unpaired) electrons. The van der Waals surface area contributed by atoms with Gasteiger partial charge in [0.25, 0.3) is 0 Å². The third-order valence-electron chi connectivity index (χ3n) is 6.65. The molecule has 1 aliphatic carbocycles. The summed E-state index contributed by atoms with van der Waals surface area (Å²) in [6.07, 6.45) is 8.12. The van der Waals surface area contributed by atoms with Crippen LogP contribution in [0.4, 0.5) is 0 Å². The second-order valence-corrected chi connectivity index (χ2v) is 12.5. The zero-order valence-corrected chi connectivity index (χ0v) is 23.9. The van der Waals surface area contributed by atoms with Gasteiger partial charge in [0.15, 0.2) is 0 Å². The zero-order valence-electron chi connectivity index (χ0n) is 23.1. The van der Waals surface area contributed by atoms with E-state index in [4.69, 9.17) is 14.2 Å². The Balaban J connectivity index is 1.33. The van der Waals surface area contributed by atoms with E-state index in [-0.39, 0.29) is 12.5 Å². The first-order chi connectivity index (χ1) is 18.9. The van der Waals surface area contributed by atoms with Crippen LogP contribution in [0.1, 0.15) is 62.5 Å². The van der Waals surface area contributed by atoms with E-state index in [1.165, 1.54) is 0 Å². The molecule has 0 bridgehead atoms. The van der Waals surface area contributed by atoms with Crippen molar-refractivity contribution in [3.63, 3.8) is 0 Å². The second-order valence-electron chi connectivity index (χ2n) is 10.7. The number of carbonyl (C=O) groups is 1. The second kappa shape index (κ2) is 12.3. The number of aliphatic hydroxyl groups is 1. The van der Waals surface area contributed by atoms with Crippen molar-refractivity contribution < 1.29 is 32.5 Å². The number of nitrogens with one attached hydrogen (secondary N) is 1. The van der Waals surface area contributed by atoms with Crippen molar-refractivity contribution in [3.8, 4) is 17.4 Å². The van der Waals surface area contributed by atoms with E-state index in [2.05, 4.69) is 11.6 Å². The number of amides is 1. The Hall–Kier alpha value is -3.63. The fraction of sp³-hybridized carbons (Fsp3) is 0.400. The number of allylic oxidation sites excluding steroid dienone is 3. The van der Waals surface area contributed by atoms with Crippen LogP contribution in [0.5, 0.6) is 17.4 Å². The summed E-state index contributed by atoms with van der Waals surface area (Å²) >= 11 is 0. The average molecular weight is 569 g/mol. The van der Waals surface area contributed by atoms with Crippen LogP contribution in [0.15, 0.2) is 72.5 Å². The van der Waals surface area contributed by atoms with Gasteiger partial charge >= 0.3 is 0 Å². The Morgan fingerprint density at radius 2 is 1.93 bits per heavy atom. The van der Waals surface area contributed by atoms with Crippen LogP contribution in [0.25, 0.3) is 0 Å². The normalized spacial score (nSPS) is 21.9.